The smallest absolute Gasteiger partial charge is 0.0534 e. The number of fused-ring (bicyclic) bond motifs is 1. The third-order valence-corrected chi connectivity index (χ3v) is 2.82. The van der Waals surface area contributed by atoms with Crippen LogP contribution in [0, 0.1) is 0 Å². The van der Waals surface area contributed by atoms with Crippen molar-refractivity contribution in [3.8, 4) is 0 Å². The Hall–Kier alpha value is -1.08. The first-order valence-electron chi connectivity index (χ1n) is 5.27. The fraction of sp³-hybridized carbons (Fsp3) is 0.385. The summed E-state index contributed by atoms with van der Waals surface area (Å²) in [5.74, 6) is 0.229. The average Bonchev–Trinajstić information content (AvgIpc) is 2.58. The minimum Gasteiger partial charge on any atom is -0.395 e. The van der Waals surface area contributed by atoms with Gasteiger partial charge in [-0.05, 0) is 23.1 Å². The van der Waals surface area contributed by atoms with Gasteiger partial charge in [-0.25, -0.2) is 0 Å². The van der Waals surface area contributed by atoms with Crippen LogP contribution in [-0.4, -0.2) is 11.7 Å². The third-order valence-electron chi connectivity index (χ3n) is 2.82. The molecule has 1 aliphatic carbocycles. The van der Waals surface area contributed by atoms with Gasteiger partial charge in [-0.2, -0.15) is 0 Å². The predicted molar refractivity (Wildman–Crippen MR) is 59.2 cm³/mol. The van der Waals surface area contributed by atoms with Crippen molar-refractivity contribution in [3.05, 3.63) is 41.5 Å². The number of hydrogen-bond donors (Lipinski definition) is 1. The summed E-state index contributed by atoms with van der Waals surface area (Å²) in [6.45, 7) is 2.42. The lowest BCUT2D eigenvalue weighted by Crippen LogP contribution is -1.97. The minimum absolute atomic E-state index is 0.226. The van der Waals surface area contributed by atoms with E-state index in [1.165, 1.54) is 16.7 Å². The minimum atomic E-state index is 0.226. The molecule has 1 unspecified atom stereocenters. The molecule has 0 spiro atoms. The van der Waals surface area contributed by atoms with E-state index in [9.17, 15) is 5.11 Å². The molecule has 0 bridgehead atoms. The summed E-state index contributed by atoms with van der Waals surface area (Å²) in [5.41, 5.74) is 4.04. The predicted octanol–water partition coefficient (Wildman–Crippen LogP) is 2.96. The van der Waals surface area contributed by atoms with Crippen LogP contribution in [0.4, 0.5) is 0 Å². The van der Waals surface area contributed by atoms with E-state index < -0.39 is 0 Å². The van der Waals surface area contributed by atoms with Crippen molar-refractivity contribution in [1.29, 1.82) is 0 Å². The lowest BCUT2D eigenvalue weighted by Gasteiger charge is -2.06. The molecule has 0 amide bonds. The second-order valence-electron chi connectivity index (χ2n) is 3.82. The first kappa shape index (κ1) is 9.47. The second kappa shape index (κ2) is 3.97. The molecule has 74 valence electrons. The van der Waals surface area contributed by atoms with Crippen molar-refractivity contribution in [3.63, 3.8) is 0 Å². The lowest BCUT2D eigenvalue weighted by atomic mass is 10.00. The van der Waals surface area contributed by atoms with Gasteiger partial charge in [0.25, 0.3) is 0 Å². The van der Waals surface area contributed by atoms with Gasteiger partial charge in [0.2, 0.25) is 0 Å². The molecule has 0 aliphatic heterocycles. The van der Waals surface area contributed by atoms with Crippen molar-refractivity contribution >= 4 is 5.57 Å². The van der Waals surface area contributed by atoms with E-state index in [1.807, 2.05) is 6.07 Å². The molecule has 0 heterocycles. The molecule has 1 N–H and O–H groups in total. The Bertz CT molecular complexity index is 352. The molecule has 0 radical (unpaired) electrons. The van der Waals surface area contributed by atoms with Crippen molar-refractivity contribution < 1.29 is 5.11 Å². The Morgan fingerprint density at radius 1 is 1.29 bits per heavy atom. The fourth-order valence-electron chi connectivity index (χ4n) is 2.17. The molecule has 0 saturated heterocycles. The summed E-state index contributed by atoms with van der Waals surface area (Å²) in [6, 6.07) is 8.40. The van der Waals surface area contributed by atoms with Crippen LogP contribution in [-0.2, 0) is 0 Å². The van der Waals surface area contributed by atoms with E-state index in [2.05, 4.69) is 31.2 Å². The Morgan fingerprint density at radius 3 is 2.79 bits per heavy atom. The highest BCUT2D eigenvalue weighted by Gasteiger charge is 2.20. The van der Waals surface area contributed by atoms with Crippen LogP contribution in [0.25, 0.3) is 5.57 Å². The van der Waals surface area contributed by atoms with Gasteiger partial charge in [-0.3, -0.25) is 0 Å². The Kier molecular flexibility index (Phi) is 2.69. The van der Waals surface area contributed by atoms with Gasteiger partial charge in [-0.1, -0.05) is 43.7 Å². The van der Waals surface area contributed by atoms with E-state index >= 15 is 0 Å². The molecular formula is C13H16O. The highest BCUT2D eigenvalue weighted by molar-refractivity contribution is 5.74. The molecule has 0 fully saturated rings. The van der Waals surface area contributed by atoms with Gasteiger partial charge in [0.1, 0.15) is 0 Å². The van der Waals surface area contributed by atoms with Crippen molar-refractivity contribution in [2.24, 2.45) is 0 Å². The quantitative estimate of drug-likeness (QED) is 0.773. The van der Waals surface area contributed by atoms with Gasteiger partial charge >= 0.3 is 0 Å². The third kappa shape index (κ3) is 1.48. The first-order chi connectivity index (χ1) is 6.86. The van der Waals surface area contributed by atoms with Crippen molar-refractivity contribution in [2.45, 2.75) is 25.7 Å². The van der Waals surface area contributed by atoms with Crippen molar-refractivity contribution in [2.75, 3.05) is 6.61 Å². The Labute approximate surface area is 85.1 Å². The zero-order chi connectivity index (χ0) is 9.97. The zero-order valence-electron chi connectivity index (χ0n) is 8.53. The number of allylic oxidation sites excluding steroid dienone is 1. The molecule has 0 aromatic heterocycles. The van der Waals surface area contributed by atoms with Crippen LogP contribution in [0.3, 0.4) is 0 Å². The maximum absolute atomic E-state index is 9.25. The monoisotopic (exact) mass is 188 g/mol. The average molecular weight is 188 g/mol. The topological polar surface area (TPSA) is 20.2 Å². The maximum Gasteiger partial charge on any atom is 0.0534 e. The van der Waals surface area contributed by atoms with E-state index in [-0.39, 0.29) is 12.5 Å². The molecule has 2 rings (SSSR count). The van der Waals surface area contributed by atoms with Gasteiger partial charge in [0.05, 0.1) is 6.61 Å². The molecule has 1 heteroatoms. The molecule has 1 nitrogen and oxygen atoms in total. The molecule has 14 heavy (non-hydrogen) atoms. The van der Waals surface area contributed by atoms with Gasteiger partial charge in [0, 0.05) is 5.92 Å². The normalized spacial score (nSPS) is 19.3. The maximum atomic E-state index is 9.25. The highest BCUT2D eigenvalue weighted by atomic mass is 16.3. The van der Waals surface area contributed by atoms with Gasteiger partial charge < -0.3 is 5.11 Å². The SMILES string of the molecule is CCCC1=CC(CO)c2ccccc21. The summed E-state index contributed by atoms with van der Waals surface area (Å²) in [4.78, 5) is 0. The van der Waals surface area contributed by atoms with Gasteiger partial charge in [0.15, 0.2) is 0 Å². The van der Waals surface area contributed by atoms with Crippen LogP contribution in [0.5, 0.6) is 0 Å². The summed E-state index contributed by atoms with van der Waals surface area (Å²) in [5, 5.41) is 9.25. The van der Waals surface area contributed by atoms with Crippen molar-refractivity contribution in [1.82, 2.24) is 0 Å². The number of rotatable bonds is 3. The standard InChI is InChI=1S/C13H16O/c1-2-5-10-8-11(9-14)13-7-4-3-6-12(10)13/h3-4,6-8,11,14H,2,5,9H2,1H3. The summed E-state index contributed by atoms with van der Waals surface area (Å²) < 4.78 is 0. The highest BCUT2D eigenvalue weighted by Crippen LogP contribution is 2.37. The summed E-state index contributed by atoms with van der Waals surface area (Å²) >= 11 is 0. The summed E-state index contributed by atoms with van der Waals surface area (Å²) in [6.07, 6.45) is 4.50. The van der Waals surface area contributed by atoms with Crippen LogP contribution >= 0.6 is 0 Å². The van der Waals surface area contributed by atoms with Crippen LogP contribution < -0.4 is 0 Å². The largest absolute Gasteiger partial charge is 0.395 e. The second-order valence-corrected chi connectivity index (χ2v) is 3.82. The van der Waals surface area contributed by atoms with E-state index in [0.717, 1.165) is 12.8 Å². The number of hydrogen-bond acceptors (Lipinski definition) is 1. The molecular weight excluding hydrogens is 172 g/mol. The Morgan fingerprint density at radius 2 is 2.07 bits per heavy atom. The van der Waals surface area contributed by atoms with Crippen LogP contribution in [0.1, 0.15) is 36.8 Å². The molecule has 1 aromatic rings. The fourth-order valence-corrected chi connectivity index (χ4v) is 2.17. The number of aliphatic hydroxyl groups is 1. The first-order valence-corrected chi connectivity index (χ1v) is 5.27. The lowest BCUT2D eigenvalue weighted by molar-refractivity contribution is 0.284. The Balaban J connectivity index is 2.38. The van der Waals surface area contributed by atoms with Crippen LogP contribution in [0.2, 0.25) is 0 Å². The van der Waals surface area contributed by atoms with Gasteiger partial charge in [-0.15, -0.1) is 0 Å². The van der Waals surface area contributed by atoms with E-state index in [4.69, 9.17) is 0 Å². The summed E-state index contributed by atoms with van der Waals surface area (Å²) in [7, 11) is 0. The van der Waals surface area contributed by atoms with Crippen LogP contribution in [0.15, 0.2) is 30.3 Å². The molecule has 0 saturated carbocycles. The number of aliphatic hydroxyl groups excluding tert-OH is 1. The molecule has 1 atom stereocenters. The number of benzene rings is 1. The van der Waals surface area contributed by atoms with E-state index in [0.29, 0.717) is 0 Å². The molecule has 1 aromatic carbocycles. The zero-order valence-corrected chi connectivity index (χ0v) is 8.53. The molecule has 1 aliphatic rings. The van der Waals surface area contributed by atoms with E-state index in [1.54, 1.807) is 0 Å².